The second-order valence-corrected chi connectivity index (χ2v) is 9.19. The molecule has 2 aliphatic rings. The van der Waals surface area contributed by atoms with Crippen LogP contribution < -0.4 is 15.4 Å². The van der Waals surface area contributed by atoms with Crippen molar-refractivity contribution in [1.29, 1.82) is 0 Å². The van der Waals surface area contributed by atoms with Gasteiger partial charge in [0.1, 0.15) is 11.8 Å². The van der Waals surface area contributed by atoms with Crippen LogP contribution in [-0.2, 0) is 25.8 Å². The number of methoxy groups -OCH3 is 1. The van der Waals surface area contributed by atoms with Crippen LogP contribution in [0.25, 0.3) is 0 Å². The summed E-state index contributed by atoms with van der Waals surface area (Å²) in [6, 6.07) is 5.43. The van der Waals surface area contributed by atoms with Crippen LogP contribution in [0.2, 0.25) is 0 Å². The van der Waals surface area contributed by atoms with Crippen LogP contribution in [0.3, 0.4) is 0 Å². The highest BCUT2D eigenvalue weighted by atomic mass is 32.2. The van der Waals surface area contributed by atoms with E-state index in [1.165, 1.54) is 0 Å². The Kier molecular flexibility index (Phi) is 5.87. The molecule has 4 amide bonds. The highest BCUT2D eigenvalue weighted by molar-refractivity contribution is 7.91. The predicted molar refractivity (Wildman–Crippen MR) is 101 cm³/mol. The first-order valence-corrected chi connectivity index (χ1v) is 10.8. The van der Waals surface area contributed by atoms with Crippen molar-refractivity contribution in [3.8, 4) is 5.75 Å². The van der Waals surface area contributed by atoms with Crippen LogP contribution in [0.15, 0.2) is 24.3 Å². The number of hydrogen-bond donors (Lipinski definition) is 2. The molecule has 2 N–H and O–H groups in total. The zero-order chi connectivity index (χ0) is 20.3. The van der Waals surface area contributed by atoms with Crippen LogP contribution in [0.1, 0.15) is 18.4 Å². The van der Waals surface area contributed by atoms with Gasteiger partial charge in [0.25, 0.3) is 5.91 Å². The minimum Gasteiger partial charge on any atom is -0.497 e. The Morgan fingerprint density at radius 3 is 2.61 bits per heavy atom. The molecule has 3 rings (SSSR count). The van der Waals surface area contributed by atoms with E-state index in [1.807, 2.05) is 12.1 Å². The summed E-state index contributed by atoms with van der Waals surface area (Å²) in [7, 11) is -1.53. The lowest BCUT2D eigenvalue weighted by Crippen LogP contribution is -2.41. The van der Waals surface area contributed by atoms with Gasteiger partial charge in [0, 0.05) is 12.6 Å². The van der Waals surface area contributed by atoms with Crippen molar-refractivity contribution in [2.75, 3.05) is 25.2 Å². The van der Waals surface area contributed by atoms with Gasteiger partial charge in [-0.1, -0.05) is 12.1 Å². The van der Waals surface area contributed by atoms with Crippen molar-refractivity contribution in [2.45, 2.75) is 31.3 Å². The quantitative estimate of drug-likeness (QED) is 0.604. The minimum absolute atomic E-state index is 0.0518. The molecule has 2 fully saturated rings. The SMILES string of the molecule is COc1ccc(CCN2C(=O)N[C@@H](CC(=O)N[C@H]3CCS(=O)(=O)C3)C2=O)cc1. The second kappa shape index (κ2) is 8.17. The fourth-order valence-electron chi connectivity index (χ4n) is 3.34. The van der Waals surface area contributed by atoms with Crippen LogP contribution in [0, 0.1) is 0 Å². The molecule has 0 bridgehead atoms. The third-order valence-electron chi connectivity index (χ3n) is 4.88. The molecule has 152 valence electrons. The van der Waals surface area contributed by atoms with Crippen molar-refractivity contribution in [3.05, 3.63) is 29.8 Å². The molecule has 1 aromatic rings. The van der Waals surface area contributed by atoms with E-state index in [0.29, 0.717) is 12.8 Å². The van der Waals surface area contributed by atoms with Crippen LogP contribution in [0.5, 0.6) is 5.75 Å². The van der Waals surface area contributed by atoms with Crippen molar-refractivity contribution in [1.82, 2.24) is 15.5 Å². The first-order chi connectivity index (χ1) is 13.3. The number of hydrogen-bond acceptors (Lipinski definition) is 6. The van der Waals surface area contributed by atoms with Crippen LogP contribution in [0.4, 0.5) is 4.79 Å². The van der Waals surface area contributed by atoms with E-state index in [2.05, 4.69) is 10.6 Å². The van der Waals surface area contributed by atoms with E-state index in [1.54, 1.807) is 19.2 Å². The van der Waals surface area contributed by atoms with Crippen molar-refractivity contribution in [3.63, 3.8) is 0 Å². The Morgan fingerprint density at radius 1 is 1.29 bits per heavy atom. The van der Waals surface area contributed by atoms with Crippen molar-refractivity contribution >= 4 is 27.7 Å². The molecule has 0 aromatic heterocycles. The molecular formula is C18H23N3O6S. The van der Waals surface area contributed by atoms with E-state index in [4.69, 9.17) is 4.74 Å². The van der Waals surface area contributed by atoms with Gasteiger partial charge in [-0.3, -0.25) is 14.5 Å². The summed E-state index contributed by atoms with van der Waals surface area (Å²) in [5.74, 6) is -0.209. The van der Waals surface area contributed by atoms with Crippen molar-refractivity contribution < 1.29 is 27.5 Å². The monoisotopic (exact) mass is 409 g/mol. The molecule has 10 heteroatoms. The third-order valence-corrected chi connectivity index (χ3v) is 6.65. The maximum Gasteiger partial charge on any atom is 0.324 e. The Bertz CT molecular complexity index is 868. The van der Waals surface area contributed by atoms with Gasteiger partial charge in [-0.15, -0.1) is 0 Å². The average molecular weight is 409 g/mol. The fraction of sp³-hybridized carbons (Fsp3) is 0.500. The summed E-state index contributed by atoms with van der Waals surface area (Å²) in [5, 5.41) is 5.15. The Labute approximate surface area is 163 Å². The number of carbonyl (C=O) groups is 3. The standard InChI is InChI=1S/C18H23N3O6S/c1-27-14-4-2-12(3-5-14)6-8-21-17(23)15(20-18(21)24)10-16(22)19-13-7-9-28(25,26)11-13/h2-5,13,15H,6-11H2,1H3,(H,19,22)(H,20,24)/t13-,15-/m0/s1. The Hall–Kier alpha value is -2.62. The number of urea groups is 1. The largest absolute Gasteiger partial charge is 0.497 e. The molecule has 1 aromatic carbocycles. The smallest absolute Gasteiger partial charge is 0.324 e. The number of rotatable bonds is 7. The maximum absolute atomic E-state index is 12.5. The summed E-state index contributed by atoms with van der Waals surface area (Å²) in [6.07, 6.45) is 0.648. The summed E-state index contributed by atoms with van der Waals surface area (Å²) < 4.78 is 28.0. The van der Waals surface area contributed by atoms with Gasteiger partial charge >= 0.3 is 6.03 Å². The zero-order valence-corrected chi connectivity index (χ0v) is 16.3. The number of benzene rings is 1. The molecule has 0 spiro atoms. The molecule has 2 heterocycles. The lowest BCUT2D eigenvalue weighted by Gasteiger charge is -2.14. The van der Waals surface area contributed by atoms with E-state index in [-0.39, 0.29) is 24.5 Å². The predicted octanol–water partition coefficient (Wildman–Crippen LogP) is -0.148. The lowest BCUT2D eigenvalue weighted by atomic mass is 10.1. The summed E-state index contributed by atoms with van der Waals surface area (Å²) in [5.41, 5.74) is 0.949. The molecule has 0 radical (unpaired) electrons. The van der Waals surface area contributed by atoms with E-state index in [0.717, 1.165) is 16.2 Å². The highest BCUT2D eigenvalue weighted by Crippen LogP contribution is 2.15. The summed E-state index contributed by atoms with van der Waals surface area (Å²) >= 11 is 0. The Morgan fingerprint density at radius 2 is 2.00 bits per heavy atom. The van der Waals surface area contributed by atoms with Gasteiger partial charge in [-0.25, -0.2) is 13.2 Å². The third kappa shape index (κ3) is 4.80. The molecule has 2 atom stereocenters. The number of carbonyl (C=O) groups excluding carboxylic acids is 3. The van der Waals surface area contributed by atoms with Gasteiger partial charge in [0.2, 0.25) is 5.91 Å². The van der Waals surface area contributed by atoms with E-state index < -0.39 is 39.8 Å². The van der Waals surface area contributed by atoms with E-state index in [9.17, 15) is 22.8 Å². The molecule has 9 nitrogen and oxygen atoms in total. The first-order valence-electron chi connectivity index (χ1n) is 9.02. The second-order valence-electron chi connectivity index (χ2n) is 6.96. The topological polar surface area (TPSA) is 122 Å². The number of sulfone groups is 1. The van der Waals surface area contributed by atoms with Gasteiger partial charge in [-0.05, 0) is 30.5 Å². The zero-order valence-electron chi connectivity index (χ0n) is 15.5. The number of nitrogens with one attached hydrogen (secondary N) is 2. The molecule has 2 aliphatic heterocycles. The van der Waals surface area contributed by atoms with Gasteiger partial charge in [-0.2, -0.15) is 0 Å². The number of ether oxygens (including phenoxy) is 1. The summed E-state index contributed by atoms with van der Waals surface area (Å²) in [6.45, 7) is 0.204. The van der Waals surface area contributed by atoms with E-state index >= 15 is 0 Å². The lowest BCUT2D eigenvalue weighted by molar-refractivity contribution is -0.131. The van der Waals surface area contributed by atoms with Gasteiger partial charge in [0.15, 0.2) is 9.84 Å². The normalized spacial score (nSPS) is 23.5. The number of amides is 4. The molecule has 2 saturated heterocycles. The fourth-order valence-corrected chi connectivity index (χ4v) is 5.01. The highest BCUT2D eigenvalue weighted by Gasteiger charge is 2.39. The average Bonchev–Trinajstić information content (AvgIpc) is 3.12. The Balaban J connectivity index is 1.50. The van der Waals surface area contributed by atoms with Gasteiger partial charge in [0.05, 0.1) is 25.0 Å². The molecule has 0 aliphatic carbocycles. The summed E-state index contributed by atoms with van der Waals surface area (Å²) in [4.78, 5) is 37.8. The van der Waals surface area contributed by atoms with Gasteiger partial charge < -0.3 is 15.4 Å². The molecule has 0 unspecified atom stereocenters. The first kappa shape index (κ1) is 20.1. The molecular weight excluding hydrogens is 386 g/mol. The molecule has 28 heavy (non-hydrogen) atoms. The van der Waals surface area contributed by atoms with Crippen LogP contribution >= 0.6 is 0 Å². The molecule has 0 saturated carbocycles. The minimum atomic E-state index is -3.10. The maximum atomic E-state index is 12.5. The van der Waals surface area contributed by atoms with Crippen molar-refractivity contribution in [2.24, 2.45) is 0 Å². The van der Waals surface area contributed by atoms with Crippen LogP contribution in [-0.4, -0.2) is 68.4 Å². The number of imide groups is 1. The number of nitrogens with zero attached hydrogens (tertiary/aromatic N) is 1.